The number of anilines is 1. The largest absolute Gasteiger partial charge is 0.481 e. The van der Waals surface area contributed by atoms with Crippen LogP contribution in [0, 0.1) is 12.8 Å². The first-order valence-electron chi connectivity index (χ1n) is 5.73. The molecule has 0 heterocycles. The van der Waals surface area contributed by atoms with E-state index in [1.54, 1.807) is 39.0 Å². The van der Waals surface area contributed by atoms with E-state index in [-0.39, 0.29) is 5.91 Å². The Morgan fingerprint density at radius 2 is 1.94 bits per heavy atom. The number of hydrogen-bond acceptors (Lipinski definition) is 3. The third kappa shape index (κ3) is 3.00. The van der Waals surface area contributed by atoms with E-state index < -0.39 is 17.9 Å². The molecule has 5 heteroatoms. The number of hydrogen-bond donors (Lipinski definition) is 3. The molecule has 1 aromatic carbocycles. The zero-order valence-electron chi connectivity index (χ0n) is 10.7. The van der Waals surface area contributed by atoms with Crippen molar-refractivity contribution in [3.8, 4) is 0 Å². The molecule has 1 aromatic rings. The highest BCUT2D eigenvalue weighted by molar-refractivity contribution is 5.97. The predicted octanol–water partition coefficient (Wildman–Crippen LogP) is 1.42. The number of carbonyl (C=O) groups excluding carboxylic acids is 1. The zero-order valence-corrected chi connectivity index (χ0v) is 10.7. The van der Waals surface area contributed by atoms with Crippen LogP contribution in [-0.4, -0.2) is 23.0 Å². The summed E-state index contributed by atoms with van der Waals surface area (Å²) in [5.41, 5.74) is 7.44. The molecule has 0 radical (unpaired) electrons. The smallest absolute Gasteiger partial charge is 0.308 e. The van der Waals surface area contributed by atoms with Gasteiger partial charge in [0, 0.05) is 17.3 Å². The Balaban J connectivity index is 2.83. The van der Waals surface area contributed by atoms with Gasteiger partial charge in [-0.05, 0) is 38.5 Å². The van der Waals surface area contributed by atoms with E-state index >= 15 is 0 Å². The molecule has 0 aromatic heterocycles. The van der Waals surface area contributed by atoms with E-state index in [1.807, 2.05) is 0 Å². The molecule has 0 aliphatic heterocycles. The average molecular weight is 250 g/mol. The molecule has 0 saturated carbocycles. The van der Waals surface area contributed by atoms with Crippen molar-refractivity contribution in [2.45, 2.75) is 26.8 Å². The van der Waals surface area contributed by atoms with Crippen molar-refractivity contribution in [2.75, 3.05) is 5.73 Å². The first-order chi connectivity index (χ1) is 8.34. The van der Waals surface area contributed by atoms with Crippen LogP contribution < -0.4 is 11.1 Å². The molecule has 1 rings (SSSR count). The van der Waals surface area contributed by atoms with Gasteiger partial charge >= 0.3 is 5.97 Å². The molecule has 0 spiro atoms. The molecule has 5 nitrogen and oxygen atoms in total. The second-order valence-electron chi connectivity index (χ2n) is 4.41. The lowest BCUT2D eigenvalue weighted by Gasteiger charge is -2.18. The third-order valence-corrected chi connectivity index (χ3v) is 3.12. The monoisotopic (exact) mass is 250 g/mol. The summed E-state index contributed by atoms with van der Waals surface area (Å²) in [6.07, 6.45) is 0. The molecule has 0 fully saturated rings. The molecule has 18 heavy (non-hydrogen) atoms. The maximum Gasteiger partial charge on any atom is 0.308 e. The van der Waals surface area contributed by atoms with Crippen LogP contribution >= 0.6 is 0 Å². The van der Waals surface area contributed by atoms with E-state index in [0.29, 0.717) is 16.8 Å². The number of nitrogen functional groups attached to an aromatic ring is 1. The van der Waals surface area contributed by atoms with Gasteiger partial charge in [0.05, 0.1) is 5.92 Å². The molecule has 98 valence electrons. The minimum absolute atomic E-state index is 0.305. The Hall–Kier alpha value is -2.04. The van der Waals surface area contributed by atoms with E-state index in [0.717, 1.165) is 0 Å². The molecule has 0 saturated heterocycles. The molecule has 2 unspecified atom stereocenters. The van der Waals surface area contributed by atoms with Gasteiger partial charge < -0.3 is 16.2 Å². The number of nitrogens with one attached hydrogen (secondary N) is 1. The quantitative estimate of drug-likeness (QED) is 0.704. The van der Waals surface area contributed by atoms with Crippen molar-refractivity contribution in [1.29, 1.82) is 0 Å². The van der Waals surface area contributed by atoms with Crippen LogP contribution in [0.1, 0.15) is 29.8 Å². The van der Waals surface area contributed by atoms with Gasteiger partial charge in [-0.2, -0.15) is 0 Å². The van der Waals surface area contributed by atoms with Crippen molar-refractivity contribution in [3.63, 3.8) is 0 Å². The molecular formula is C13H18N2O3. The Kier molecular flexibility index (Phi) is 4.31. The number of carboxylic acids is 1. The molecule has 1 amide bonds. The number of benzene rings is 1. The van der Waals surface area contributed by atoms with Crippen molar-refractivity contribution in [3.05, 3.63) is 29.3 Å². The minimum Gasteiger partial charge on any atom is -0.481 e. The maximum atomic E-state index is 12.0. The van der Waals surface area contributed by atoms with E-state index in [2.05, 4.69) is 5.32 Å². The third-order valence-electron chi connectivity index (χ3n) is 3.12. The number of carboxylic acid groups (broad SMARTS) is 1. The molecule has 0 aliphatic rings. The summed E-state index contributed by atoms with van der Waals surface area (Å²) in [5, 5.41) is 11.5. The van der Waals surface area contributed by atoms with Crippen molar-refractivity contribution in [1.82, 2.24) is 5.32 Å². The van der Waals surface area contributed by atoms with Crippen LogP contribution in [0.25, 0.3) is 0 Å². The van der Waals surface area contributed by atoms with Crippen LogP contribution in [0.3, 0.4) is 0 Å². The van der Waals surface area contributed by atoms with Gasteiger partial charge in [-0.15, -0.1) is 0 Å². The van der Waals surface area contributed by atoms with Gasteiger partial charge in [0.1, 0.15) is 0 Å². The zero-order chi connectivity index (χ0) is 13.9. The summed E-state index contributed by atoms with van der Waals surface area (Å²) in [6.45, 7) is 4.98. The first-order valence-corrected chi connectivity index (χ1v) is 5.73. The van der Waals surface area contributed by atoms with E-state index in [4.69, 9.17) is 10.8 Å². The molecule has 4 N–H and O–H groups in total. The summed E-state index contributed by atoms with van der Waals surface area (Å²) >= 11 is 0. The van der Waals surface area contributed by atoms with Crippen LogP contribution in [0.2, 0.25) is 0 Å². The second-order valence-corrected chi connectivity index (χ2v) is 4.41. The van der Waals surface area contributed by atoms with Crippen molar-refractivity contribution >= 4 is 17.6 Å². The lowest BCUT2D eigenvalue weighted by atomic mass is 10.0. The first kappa shape index (κ1) is 14.0. The lowest BCUT2D eigenvalue weighted by molar-refractivity contribution is -0.141. The topological polar surface area (TPSA) is 92.4 Å². The Morgan fingerprint density at radius 1 is 1.33 bits per heavy atom. The molecule has 2 atom stereocenters. The fraction of sp³-hybridized carbons (Fsp3) is 0.385. The normalized spacial score (nSPS) is 13.7. The summed E-state index contributed by atoms with van der Waals surface area (Å²) in [7, 11) is 0. The molecule has 0 bridgehead atoms. The number of carbonyl (C=O) groups is 2. The number of rotatable bonds is 4. The summed E-state index contributed by atoms with van der Waals surface area (Å²) in [4.78, 5) is 22.8. The Bertz CT molecular complexity index is 471. The van der Waals surface area contributed by atoms with Crippen LogP contribution in [0.15, 0.2) is 18.2 Å². The van der Waals surface area contributed by atoms with Gasteiger partial charge in [0.15, 0.2) is 0 Å². The van der Waals surface area contributed by atoms with Gasteiger partial charge in [0.2, 0.25) is 0 Å². The minimum atomic E-state index is -0.938. The van der Waals surface area contributed by atoms with Gasteiger partial charge in [-0.3, -0.25) is 9.59 Å². The van der Waals surface area contributed by atoms with Crippen LogP contribution in [0.5, 0.6) is 0 Å². The Labute approximate surface area is 106 Å². The van der Waals surface area contributed by atoms with Crippen molar-refractivity contribution < 1.29 is 14.7 Å². The van der Waals surface area contributed by atoms with Gasteiger partial charge in [-0.1, -0.05) is 6.07 Å². The standard InChI is InChI=1S/C13H18N2O3/c1-7(13(17)18)9(3)15-12(16)10-5-4-6-11(14)8(10)2/h4-7,9H,14H2,1-3H3,(H,15,16)(H,17,18). The highest BCUT2D eigenvalue weighted by Crippen LogP contribution is 2.16. The second kappa shape index (κ2) is 5.53. The van der Waals surface area contributed by atoms with Gasteiger partial charge in [-0.25, -0.2) is 0 Å². The highest BCUT2D eigenvalue weighted by atomic mass is 16.4. The number of amides is 1. The number of aliphatic carboxylic acids is 1. The van der Waals surface area contributed by atoms with Gasteiger partial charge in [0.25, 0.3) is 5.91 Å². The van der Waals surface area contributed by atoms with Crippen LogP contribution in [-0.2, 0) is 4.79 Å². The van der Waals surface area contributed by atoms with Crippen LogP contribution in [0.4, 0.5) is 5.69 Å². The lowest BCUT2D eigenvalue weighted by Crippen LogP contribution is -2.40. The summed E-state index contributed by atoms with van der Waals surface area (Å²) in [6, 6.07) is 4.63. The molecular weight excluding hydrogens is 232 g/mol. The Morgan fingerprint density at radius 3 is 2.50 bits per heavy atom. The summed E-state index contributed by atoms with van der Waals surface area (Å²) < 4.78 is 0. The average Bonchev–Trinajstić information content (AvgIpc) is 2.31. The fourth-order valence-electron chi connectivity index (χ4n) is 1.52. The maximum absolute atomic E-state index is 12.0. The highest BCUT2D eigenvalue weighted by Gasteiger charge is 2.22. The van der Waals surface area contributed by atoms with E-state index in [9.17, 15) is 9.59 Å². The van der Waals surface area contributed by atoms with Crippen molar-refractivity contribution in [2.24, 2.45) is 5.92 Å². The SMILES string of the molecule is Cc1c(N)cccc1C(=O)NC(C)C(C)C(=O)O. The molecule has 0 aliphatic carbocycles. The predicted molar refractivity (Wildman–Crippen MR) is 69.3 cm³/mol. The summed E-state index contributed by atoms with van der Waals surface area (Å²) in [5.74, 6) is -1.89. The van der Waals surface area contributed by atoms with E-state index in [1.165, 1.54) is 0 Å². The number of nitrogens with two attached hydrogens (primary N) is 1. The fourth-order valence-corrected chi connectivity index (χ4v) is 1.52.